The van der Waals surface area contributed by atoms with Crippen molar-refractivity contribution < 1.29 is 9.90 Å². The third kappa shape index (κ3) is 3.75. The lowest BCUT2D eigenvalue weighted by Crippen LogP contribution is -2.40. The summed E-state index contributed by atoms with van der Waals surface area (Å²) < 4.78 is 1.82. The number of rotatable bonds is 5. The van der Waals surface area contributed by atoms with Gasteiger partial charge in [0.2, 0.25) is 0 Å². The van der Waals surface area contributed by atoms with Gasteiger partial charge in [0, 0.05) is 18.8 Å². The molecule has 0 aliphatic rings. The number of nitrogens with one attached hydrogen (secondary N) is 1. The van der Waals surface area contributed by atoms with E-state index in [0.717, 1.165) is 0 Å². The van der Waals surface area contributed by atoms with Crippen LogP contribution in [0.5, 0.6) is 0 Å². The fourth-order valence-corrected chi connectivity index (χ4v) is 1.75. The van der Waals surface area contributed by atoms with Crippen molar-refractivity contribution in [2.45, 2.75) is 45.8 Å². The maximum Gasteiger partial charge on any atom is 0.268 e. The van der Waals surface area contributed by atoms with Crippen LogP contribution in [0.2, 0.25) is 5.02 Å². The average molecular weight is 273 g/mol. The molecule has 0 saturated heterocycles. The van der Waals surface area contributed by atoms with Gasteiger partial charge in [0.15, 0.2) is 0 Å². The fourth-order valence-electron chi connectivity index (χ4n) is 1.54. The van der Waals surface area contributed by atoms with Crippen molar-refractivity contribution >= 4 is 17.5 Å². The van der Waals surface area contributed by atoms with Gasteiger partial charge in [-0.25, -0.2) is 0 Å². The van der Waals surface area contributed by atoms with E-state index in [9.17, 15) is 9.90 Å². The Balaban J connectivity index is 2.79. The average Bonchev–Trinajstić information content (AvgIpc) is 2.68. The molecular formula is C13H21ClN2O2. The van der Waals surface area contributed by atoms with Crippen molar-refractivity contribution in [3.63, 3.8) is 0 Å². The SMILES string of the molecule is CCC(C)(O)CNC(=O)c1cc(Cl)cn1C(C)C. The number of nitrogens with zero attached hydrogens (tertiary/aromatic N) is 1. The van der Waals surface area contributed by atoms with Gasteiger partial charge < -0.3 is 15.0 Å². The molecule has 1 amide bonds. The molecule has 1 aromatic heterocycles. The Kier molecular flexibility index (Phi) is 4.82. The lowest BCUT2D eigenvalue weighted by molar-refractivity contribution is 0.0515. The third-order valence-corrected chi connectivity index (χ3v) is 3.20. The smallest absolute Gasteiger partial charge is 0.268 e. The van der Waals surface area contributed by atoms with Gasteiger partial charge in [-0.3, -0.25) is 4.79 Å². The van der Waals surface area contributed by atoms with Gasteiger partial charge in [-0.2, -0.15) is 0 Å². The van der Waals surface area contributed by atoms with Gasteiger partial charge in [-0.1, -0.05) is 18.5 Å². The maximum absolute atomic E-state index is 12.0. The predicted molar refractivity (Wildman–Crippen MR) is 73.1 cm³/mol. The maximum atomic E-state index is 12.0. The largest absolute Gasteiger partial charge is 0.388 e. The van der Waals surface area contributed by atoms with Crippen molar-refractivity contribution in [2.75, 3.05) is 6.54 Å². The summed E-state index contributed by atoms with van der Waals surface area (Å²) in [5.41, 5.74) is -0.365. The van der Waals surface area contributed by atoms with Crippen LogP contribution in [0, 0.1) is 0 Å². The Hall–Kier alpha value is -1.00. The molecule has 5 heteroatoms. The van der Waals surface area contributed by atoms with E-state index in [1.54, 1.807) is 19.2 Å². The molecule has 1 heterocycles. The molecule has 0 aromatic carbocycles. The standard InChI is InChI=1S/C13H21ClN2O2/c1-5-13(4,18)8-15-12(17)11-6-10(14)7-16(11)9(2)3/h6-7,9,18H,5,8H2,1-4H3,(H,15,17). The second-order valence-electron chi connectivity index (χ2n) is 5.08. The molecular weight excluding hydrogens is 252 g/mol. The number of carbonyl (C=O) groups excluding carboxylic acids is 1. The molecule has 0 spiro atoms. The van der Waals surface area contributed by atoms with Gasteiger partial charge in [0.05, 0.1) is 10.6 Å². The van der Waals surface area contributed by atoms with Crippen LogP contribution in [-0.4, -0.2) is 27.7 Å². The molecule has 18 heavy (non-hydrogen) atoms. The third-order valence-electron chi connectivity index (χ3n) is 3.00. The van der Waals surface area contributed by atoms with Crippen LogP contribution in [0.3, 0.4) is 0 Å². The van der Waals surface area contributed by atoms with Crippen LogP contribution >= 0.6 is 11.6 Å². The van der Waals surface area contributed by atoms with Gasteiger partial charge in [-0.05, 0) is 33.3 Å². The lowest BCUT2D eigenvalue weighted by Gasteiger charge is -2.22. The van der Waals surface area contributed by atoms with Crippen LogP contribution in [0.25, 0.3) is 0 Å². The Morgan fingerprint density at radius 3 is 2.72 bits per heavy atom. The summed E-state index contributed by atoms with van der Waals surface area (Å²) >= 11 is 5.92. The number of halogens is 1. The molecule has 0 aliphatic carbocycles. The number of carbonyl (C=O) groups is 1. The summed E-state index contributed by atoms with van der Waals surface area (Å²) in [5, 5.41) is 13.1. The summed E-state index contributed by atoms with van der Waals surface area (Å²) in [5.74, 6) is -0.218. The molecule has 0 fully saturated rings. The van der Waals surface area contributed by atoms with E-state index in [-0.39, 0.29) is 18.5 Å². The van der Waals surface area contributed by atoms with Crippen molar-refractivity contribution in [1.29, 1.82) is 0 Å². The van der Waals surface area contributed by atoms with Crippen molar-refractivity contribution in [3.05, 3.63) is 23.0 Å². The van der Waals surface area contributed by atoms with Gasteiger partial charge in [0.1, 0.15) is 5.69 Å². The first-order chi connectivity index (χ1) is 8.26. The number of aliphatic hydroxyl groups is 1. The summed E-state index contributed by atoms with van der Waals surface area (Å²) in [6.45, 7) is 7.76. The highest BCUT2D eigenvalue weighted by Crippen LogP contribution is 2.19. The number of hydrogen-bond donors (Lipinski definition) is 2. The predicted octanol–water partition coefficient (Wildman–Crippen LogP) is 2.61. The molecule has 0 saturated carbocycles. The minimum atomic E-state index is -0.880. The molecule has 0 aliphatic heterocycles. The van der Waals surface area contributed by atoms with E-state index in [4.69, 9.17) is 11.6 Å². The van der Waals surface area contributed by atoms with Crippen LogP contribution in [0.15, 0.2) is 12.3 Å². The molecule has 1 rings (SSSR count). The van der Waals surface area contributed by atoms with Crippen LogP contribution < -0.4 is 5.32 Å². The summed E-state index contributed by atoms with van der Waals surface area (Å²) in [4.78, 5) is 12.0. The fraction of sp³-hybridized carbons (Fsp3) is 0.615. The van der Waals surface area contributed by atoms with E-state index in [0.29, 0.717) is 17.1 Å². The zero-order valence-corrected chi connectivity index (χ0v) is 12.1. The number of aromatic nitrogens is 1. The zero-order valence-electron chi connectivity index (χ0n) is 11.3. The lowest BCUT2D eigenvalue weighted by atomic mass is 10.0. The Morgan fingerprint density at radius 1 is 1.61 bits per heavy atom. The van der Waals surface area contributed by atoms with E-state index in [1.807, 2.05) is 25.3 Å². The van der Waals surface area contributed by atoms with Gasteiger partial charge >= 0.3 is 0 Å². The first-order valence-corrected chi connectivity index (χ1v) is 6.52. The highest BCUT2D eigenvalue weighted by molar-refractivity contribution is 6.31. The molecule has 2 N–H and O–H groups in total. The van der Waals surface area contributed by atoms with Crippen LogP contribution in [-0.2, 0) is 0 Å². The van der Waals surface area contributed by atoms with Crippen molar-refractivity contribution in [2.24, 2.45) is 0 Å². The van der Waals surface area contributed by atoms with Crippen molar-refractivity contribution in [3.8, 4) is 0 Å². The summed E-state index contributed by atoms with van der Waals surface area (Å²) in [6, 6.07) is 1.79. The van der Waals surface area contributed by atoms with Gasteiger partial charge in [-0.15, -0.1) is 0 Å². The first-order valence-electron chi connectivity index (χ1n) is 6.15. The zero-order chi connectivity index (χ0) is 13.9. The normalized spacial score (nSPS) is 14.6. The quantitative estimate of drug-likeness (QED) is 0.866. The molecule has 0 radical (unpaired) electrons. The second-order valence-corrected chi connectivity index (χ2v) is 5.51. The minimum Gasteiger partial charge on any atom is -0.388 e. The topological polar surface area (TPSA) is 54.3 Å². The molecule has 1 unspecified atom stereocenters. The van der Waals surface area contributed by atoms with Gasteiger partial charge in [0.25, 0.3) is 5.91 Å². The van der Waals surface area contributed by atoms with E-state index in [2.05, 4.69) is 5.32 Å². The number of hydrogen-bond acceptors (Lipinski definition) is 2. The Labute approximate surface area is 113 Å². The first kappa shape index (κ1) is 15.1. The Bertz CT molecular complexity index is 425. The molecule has 1 atom stereocenters. The monoisotopic (exact) mass is 272 g/mol. The van der Waals surface area contributed by atoms with Crippen molar-refractivity contribution in [1.82, 2.24) is 9.88 Å². The summed E-state index contributed by atoms with van der Waals surface area (Å²) in [6.07, 6.45) is 2.32. The highest BCUT2D eigenvalue weighted by Gasteiger charge is 2.21. The second kappa shape index (κ2) is 5.76. The molecule has 1 aromatic rings. The minimum absolute atomic E-state index is 0.157. The van der Waals surface area contributed by atoms with Crippen LogP contribution in [0.1, 0.15) is 50.6 Å². The Morgan fingerprint density at radius 2 is 2.22 bits per heavy atom. The highest BCUT2D eigenvalue weighted by atomic mass is 35.5. The summed E-state index contributed by atoms with van der Waals surface area (Å²) in [7, 11) is 0. The molecule has 102 valence electrons. The van der Waals surface area contributed by atoms with E-state index in [1.165, 1.54) is 0 Å². The van der Waals surface area contributed by atoms with Crippen LogP contribution in [0.4, 0.5) is 0 Å². The number of amides is 1. The molecule has 4 nitrogen and oxygen atoms in total. The molecule has 0 bridgehead atoms. The van der Waals surface area contributed by atoms with E-state index < -0.39 is 5.60 Å². The van der Waals surface area contributed by atoms with E-state index >= 15 is 0 Å².